The van der Waals surface area contributed by atoms with Gasteiger partial charge in [-0.1, -0.05) is 66.7 Å². The predicted octanol–water partition coefficient (Wildman–Crippen LogP) is 5.31. The summed E-state index contributed by atoms with van der Waals surface area (Å²) in [6.07, 6.45) is 2.00. The van der Waals surface area contributed by atoms with E-state index in [0.717, 1.165) is 22.6 Å². The van der Waals surface area contributed by atoms with Crippen LogP contribution >= 0.6 is 0 Å². The van der Waals surface area contributed by atoms with Gasteiger partial charge in [0.15, 0.2) is 0 Å². The van der Waals surface area contributed by atoms with Crippen molar-refractivity contribution in [1.82, 2.24) is 0 Å². The molecule has 1 atom stereocenters. The lowest BCUT2D eigenvalue weighted by molar-refractivity contribution is 0.205. The number of ether oxygens (including phenoxy) is 2. The number of rotatable bonds is 3. The molecule has 118 valence electrons. The van der Waals surface area contributed by atoms with E-state index in [4.69, 9.17) is 9.47 Å². The average Bonchev–Trinajstić information content (AvgIpc) is 2.68. The van der Waals surface area contributed by atoms with Crippen molar-refractivity contribution < 1.29 is 9.47 Å². The van der Waals surface area contributed by atoms with E-state index in [9.17, 15) is 0 Å². The Morgan fingerprint density at radius 3 is 2.25 bits per heavy atom. The predicted molar refractivity (Wildman–Crippen MR) is 96.7 cm³/mol. The molecule has 0 N–H and O–H groups in total. The Balaban J connectivity index is 1.78. The van der Waals surface area contributed by atoms with Crippen LogP contribution in [0.4, 0.5) is 0 Å². The van der Waals surface area contributed by atoms with Gasteiger partial charge >= 0.3 is 0 Å². The summed E-state index contributed by atoms with van der Waals surface area (Å²) in [6, 6.07) is 26.7. The summed E-state index contributed by atoms with van der Waals surface area (Å²) in [7, 11) is 1.68. The van der Waals surface area contributed by atoms with E-state index in [1.165, 1.54) is 11.1 Å². The first-order valence-corrected chi connectivity index (χ1v) is 8.02. The molecular formula is C22H18O2. The standard InChI is InChI=1S/C22H18O2/c1-23-19-13-11-17(12-14-19)22-20-10-6-5-9-18(20)15-21(24-22)16-7-3-2-4-8-16/h2-15,22H,1H3. The molecule has 0 saturated heterocycles. The van der Waals surface area contributed by atoms with Crippen molar-refractivity contribution in [2.45, 2.75) is 6.10 Å². The quantitative estimate of drug-likeness (QED) is 0.652. The topological polar surface area (TPSA) is 18.5 Å². The lowest BCUT2D eigenvalue weighted by Crippen LogP contribution is -2.11. The Kier molecular flexibility index (Phi) is 3.80. The van der Waals surface area contributed by atoms with Crippen LogP contribution in [0.5, 0.6) is 5.75 Å². The van der Waals surface area contributed by atoms with Gasteiger partial charge in [-0.05, 0) is 29.3 Å². The Morgan fingerprint density at radius 1 is 0.792 bits per heavy atom. The third-order valence-corrected chi connectivity index (χ3v) is 4.29. The number of methoxy groups -OCH3 is 1. The van der Waals surface area contributed by atoms with Gasteiger partial charge in [0.2, 0.25) is 0 Å². The van der Waals surface area contributed by atoms with Crippen molar-refractivity contribution in [2.75, 3.05) is 7.11 Å². The number of fused-ring (bicyclic) bond motifs is 1. The van der Waals surface area contributed by atoms with Crippen molar-refractivity contribution in [3.63, 3.8) is 0 Å². The minimum Gasteiger partial charge on any atom is -0.497 e. The third kappa shape index (κ3) is 2.67. The summed E-state index contributed by atoms with van der Waals surface area (Å²) in [5, 5.41) is 0. The summed E-state index contributed by atoms with van der Waals surface area (Å²) in [6.45, 7) is 0. The first-order valence-electron chi connectivity index (χ1n) is 8.02. The molecule has 2 nitrogen and oxygen atoms in total. The monoisotopic (exact) mass is 314 g/mol. The highest BCUT2D eigenvalue weighted by molar-refractivity contribution is 5.80. The zero-order valence-corrected chi connectivity index (χ0v) is 13.5. The summed E-state index contributed by atoms with van der Waals surface area (Å²) in [5.74, 6) is 1.75. The van der Waals surface area contributed by atoms with Crippen molar-refractivity contribution in [3.8, 4) is 5.75 Å². The van der Waals surface area contributed by atoms with Gasteiger partial charge in [-0.3, -0.25) is 0 Å². The van der Waals surface area contributed by atoms with Crippen molar-refractivity contribution in [1.29, 1.82) is 0 Å². The van der Waals surface area contributed by atoms with Gasteiger partial charge in [0, 0.05) is 11.1 Å². The second-order valence-corrected chi connectivity index (χ2v) is 5.77. The van der Waals surface area contributed by atoms with Crippen LogP contribution in [0.1, 0.15) is 28.4 Å². The molecule has 0 saturated carbocycles. The van der Waals surface area contributed by atoms with E-state index in [2.05, 4.69) is 54.6 Å². The first kappa shape index (κ1) is 14.6. The second-order valence-electron chi connectivity index (χ2n) is 5.77. The van der Waals surface area contributed by atoms with Crippen LogP contribution in [0.15, 0.2) is 78.9 Å². The molecule has 0 aliphatic carbocycles. The zero-order valence-electron chi connectivity index (χ0n) is 13.5. The number of hydrogen-bond donors (Lipinski definition) is 0. The molecule has 0 aromatic heterocycles. The highest BCUT2D eigenvalue weighted by Crippen LogP contribution is 2.39. The number of hydrogen-bond acceptors (Lipinski definition) is 2. The molecule has 1 unspecified atom stereocenters. The molecule has 1 heterocycles. The fourth-order valence-corrected chi connectivity index (χ4v) is 3.03. The molecule has 3 aromatic rings. The fraction of sp³-hybridized carbons (Fsp3) is 0.0909. The number of benzene rings is 3. The van der Waals surface area contributed by atoms with Crippen LogP contribution in [-0.2, 0) is 4.74 Å². The van der Waals surface area contributed by atoms with Crippen LogP contribution in [0.3, 0.4) is 0 Å². The van der Waals surface area contributed by atoms with Gasteiger partial charge < -0.3 is 9.47 Å². The highest BCUT2D eigenvalue weighted by atomic mass is 16.5. The van der Waals surface area contributed by atoms with Crippen molar-refractivity contribution in [2.24, 2.45) is 0 Å². The Bertz CT molecular complexity index is 864. The Labute approximate surface area is 142 Å². The highest BCUT2D eigenvalue weighted by Gasteiger charge is 2.24. The molecule has 0 fully saturated rings. The summed E-state index contributed by atoms with van der Waals surface area (Å²) >= 11 is 0. The minimum atomic E-state index is -0.118. The SMILES string of the molecule is COc1ccc(C2OC(c3ccccc3)=Cc3ccccc32)cc1. The van der Waals surface area contributed by atoms with Gasteiger partial charge in [0.1, 0.15) is 17.6 Å². The lowest BCUT2D eigenvalue weighted by atomic mass is 9.93. The lowest BCUT2D eigenvalue weighted by Gasteiger charge is -2.28. The molecule has 0 amide bonds. The molecule has 1 aliphatic heterocycles. The maximum atomic E-state index is 6.38. The minimum absolute atomic E-state index is 0.118. The molecule has 2 heteroatoms. The fourth-order valence-electron chi connectivity index (χ4n) is 3.03. The van der Waals surface area contributed by atoms with Crippen LogP contribution in [-0.4, -0.2) is 7.11 Å². The van der Waals surface area contributed by atoms with E-state index in [0.29, 0.717) is 0 Å². The van der Waals surface area contributed by atoms with Gasteiger partial charge in [-0.2, -0.15) is 0 Å². The third-order valence-electron chi connectivity index (χ3n) is 4.29. The van der Waals surface area contributed by atoms with Crippen LogP contribution in [0.2, 0.25) is 0 Å². The smallest absolute Gasteiger partial charge is 0.149 e. The second kappa shape index (κ2) is 6.25. The molecule has 0 radical (unpaired) electrons. The van der Waals surface area contributed by atoms with Crippen LogP contribution in [0, 0.1) is 0 Å². The summed E-state index contributed by atoms with van der Waals surface area (Å²) in [5.41, 5.74) is 4.58. The van der Waals surface area contributed by atoms with Gasteiger partial charge in [0.05, 0.1) is 7.11 Å². The van der Waals surface area contributed by atoms with Gasteiger partial charge in [-0.25, -0.2) is 0 Å². The Hall–Kier alpha value is -3.00. The van der Waals surface area contributed by atoms with Crippen molar-refractivity contribution in [3.05, 3.63) is 101 Å². The van der Waals surface area contributed by atoms with E-state index in [1.807, 2.05) is 30.3 Å². The molecular weight excluding hydrogens is 296 g/mol. The normalized spacial score (nSPS) is 15.9. The van der Waals surface area contributed by atoms with E-state index < -0.39 is 0 Å². The molecule has 3 aromatic carbocycles. The van der Waals surface area contributed by atoms with Crippen LogP contribution < -0.4 is 4.74 Å². The maximum absolute atomic E-state index is 6.38. The summed E-state index contributed by atoms with van der Waals surface area (Å²) in [4.78, 5) is 0. The molecule has 0 bridgehead atoms. The molecule has 1 aliphatic rings. The van der Waals surface area contributed by atoms with E-state index in [-0.39, 0.29) is 6.10 Å². The van der Waals surface area contributed by atoms with Gasteiger partial charge in [0.25, 0.3) is 0 Å². The van der Waals surface area contributed by atoms with E-state index in [1.54, 1.807) is 7.11 Å². The largest absolute Gasteiger partial charge is 0.497 e. The molecule has 4 rings (SSSR count). The zero-order chi connectivity index (χ0) is 16.4. The maximum Gasteiger partial charge on any atom is 0.149 e. The molecule has 0 spiro atoms. The molecule has 24 heavy (non-hydrogen) atoms. The van der Waals surface area contributed by atoms with Crippen molar-refractivity contribution >= 4 is 11.8 Å². The Morgan fingerprint density at radius 2 is 1.50 bits per heavy atom. The summed E-state index contributed by atoms with van der Waals surface area (Å²) < 4.78 is 11.6. The van der Waals surface area contributed by atoms with Gasteiger partial charge in [-0.15, -0.1) is 0 Å². The average molecular weight is 314 g/mol. The van der Waals surface area contributed by atoms with E-state index >= 15 is 0 Å². The van der Waals surface area contributed by atoms with Crippen LogP contribution in [0.25, 0.3) is 11.8 Å². The first-order chi connectivity index (χ1) is 11.8.